The van der Waals surface area contributed by atoms with E-state index >= 15 is 0 Å². The summed E-state index contributed by atoms with van der Waals surface area (Å²) in [6.45, 7) is 0.694. The fourth-order valence-electron chi connectivity index (χ4n) is 2.21. The third-order valence-electron chi connectivity index (χ3n) is 3.28. The minimum atomic E-state index is -0.174. The van der Waals surface area contributed by atoms with Gasteiger partial charge < -0.3 is 10.0 Å². The van der Waals surface area contributed by atoms with Crippen molar-refractivity contribution in [2.75, 3.05) is 13.6 Å². The zero-order valence-corrected chi connectivity index (χ0v) is 12.6. The van der Waals surface area contributed by atoms with Crippen LogP contribution in [0.4, 0.5) is 0 Å². The summed E-state index contributed by atoms with van der Waals surface area (Å²) in [5, 5.41) is 9.24. The van der Waals surface area contributed by atoms with E-state index in [1.54, 1.807) is 18.0 Å². The maximum atomic E-state index is 12.2. The van der Waals surface area contributed by atoms with Crippen molar-refractivity contribution in [1.82, 2.24) is 4.90 Å². The fourth-order valence-corrected chi connectivity index (χ4v) is 3.06. The Hall–Kier alpha value is -0.520. The molecule has 1 aromatic carbocycles. The van der Waals surface area contributed by atoms with Gasteiger partial charge in [0.2, 0.25) is 0 Å². The number of aliphatic hydroxyl groups is 1. The van der Waals surface area contributed by atoms with Gasteiger partial charge in [0.1, 0.15) is 0 Å². The van der Waals surface area contributed by atoms with Gasteiger partial charge in [0.15, 0.2) is 0 Å². The molecule has 0 atom stereocenters. The second-order valence-corrected chi connectivity index (χ2v) is 6.24. The summed E-state index contributed by atoms with van der Waals surface area (Å²) < 4.78 is 0.911. The molecule has 1 aromatic rings. The molecule has 2 rings (SSSR count). The van der Waals surface area contributed by atoms with Crippen molar-refractivity contribution >= 4 is 34.5 Å². The molecule has 18 heavy (non-hydrogen) atoms. The first-order chi connectivity index (χ1) is 8.47. The standard InChI is InChI=1S/C13H16BrNO2S/c1-15(7-8-4-10(16)5-8)13(17)11-3-2-9(14)6-12(11)18/h2-3,6,8,10,16,18H,4-5,7H2,1H3. The van der Waals surface area contributed by atoms with E-state index in [1.165, 1.54) is 0 Å². The second kappa shape index (κ2) is 5.63. The molecule has 0 aliphatic heterocycles. The largest absolute Gasteiger partial charge is 0.393 e. The van der Waals surface area contributed by atoms with Crippen LogP contribution >= 0.6 is 28.6 Å². The molecule has 0 unspecified atom stereocenters. The monoisotopic (exact) mass is 329 g/mol. The molecule has 0 saturated heterocycles. The van der Waals surface area contributed by atoms with Crippen molar-refractivity contribution in [3.05, 3.63) is 28.2 Å². The Labute approximate surface area is 121 Å². The third kappa shape index (κ3) is 3.08. The van der Waals surface area contributed by atoms with Gasteiger partial charge in [-0.1, -0.05) is 15.9 Å². The average Bonchev–Trinajstić information content (AvgIpc) is 2.26. The summed E-state index contributed by atoms with van der Waals surface area (Å²) in [5.74, 6) is 0.404. The van der Waals surface area contributed by atoms with Gasteiger partial charge in [0, 0.05) is 23.0 Å². The maximum Gasteiger partial charge on any atom is 0.254 e. The summed E-state index contributed by atoms with van der Waals surface area (Å²) in [7, 11) is 1.79. The summed E-state index contributed by atoms with van der Waals surface area (Å²) in [6.07, 6.45) is 1.42. The van der Waals surface area contributed by atoms with Crippen LogP contribution in [-0.4, -0.2) is 35.6 Å². The first kappa shape index (κ1) is 13.9. The normalized spacial score (nSPS) is 22.4. The number of hydrogen-bond donors (Lipinski definition) is 2. The molecule has 1 aliphatic carbocycles. The van der Waals surface area contributed by atoms with Crippen LogP contribution in [0.25, 0.3) is 0 Å². The summed E-state index contributed by atoms with van der Waals surface area (Å²) in [6, 6.07) is 5.44. The quantitative estimate of drug-likeness (QED) is 0.837. The predicted octanol–water partition coefficient (Wildman–Crippen LogP) is 2.58. The number of hydrogen-bond acceptors (Lipinski definition) is 3. The highest BCUT2D eigenvalue weighted by Gasteiger charge is 2.29. The van der Waals surface area contributed by atoms with Crippen LogP contribution in [0.1, 0.15) is 23.2 Å². The van der Waals surface area contributed by atoms with Gasteiger partial charge in [-0.15, -0.1) is 12.6 Å². The lowest BCUT2D eigenvalue weighted by Crippen LogP contribution is -2.39. The van der Waals surface area contributed by atoms with Crippen LogP contribution in [-0.2, 0) is 0 Å². The number of rotatable bonds is 3. The van der Waals surface area contributed by atoms with Crippen LogP contribution in [0.15, 0.2) is 27.6 Å². The van der Waals surface area contributed by atoms with Gasteiger partial charge in [0.05, 0.1) is 11.7 Å². The molecule has 0 spiro atoms. The molecular formula is C13H16BrNO2S. The van der Waals surface area contributed by atoms with Gasteiger partial charge in [-0.25, -0.2) is 0 Å². The van der Waals surface area contributed by atoms with Crippen molar-refractivity contribution in [3.8, 4) is 0 Å². The Morgan fingerprint density at radius 3 is 2.78 bits per heavy atom. The number of thiol groups is 1. The van der Waals surface area contributed by atoms with Crippen LogP contribution in [0.5, 0.6) is 0 Å². The molecule has 1 aliphatic rings. The van der Waals surface area contributed by atoms with Crippen molar-refractivity contribution in [2.24, 2.45) is 5.92 Å². The first-order valence-corrected chi connectivity index (χ1v) is 7.13. The van der Waals surface area contributed by atoms with Crippen LogP contribution in [0, 0.1) is 5.92 Å². The lowest BCUT2D eigenvalue weighted by Gasteiger charge is -2.34. The number of halogens is 1. The molecule has 1 N–H and O–H groups in total. The predicted molar refractivity (Wildman–Crippen MR) is 77.1 cm³/mol. The topological polar surface area (TPSA) is 40.5 Å². The van der Waals surface area contributed by atoms with E-state index in [1.807, 2.05) is 12.1 Å². The van der Waals surface area contributed by atoms with Gasteiger partial charge >= 0.3 is 0 Å². The highest BCUT2D eigenvalue weighted by atomic mass is 79.9. The minimum absolute atomic E-state index is 0.0195. The number of nitrogens with zero attached hydrogens (tertiary/aromatic N) is 1. The summed E-state index contributed by atoms with van der Waals surface area (Å²) in [4.78, 5) is 14.6. The minimum Gasteiger partial charge on any atom is -0.393 e. The zero-order chi connectivity index (χ0) is 13.3. The van der Waals surface area contributed by atoms with E-state index in [-0.39, 0.29) is 12.0 Å². The van der Waals surface area contributed by atoms with Crippen molar-refractivity contribution in [2.45, 2.75) is 23.8 Å². The van der Waals surface area contributed by atoms with Gasteiger partial charge in [-0.2, -0.15) is 0 Å². The Morgan fingerprint density at radius 2 is 2.22 bits per heavy atom. The molecule has 0 radical (unpaired) electrons. The maximum absolute atomic E-state index is 12.2. The van der Waals surface area contributed by atoms with E-state index in [9.17, 15) is 9.90 Å². The van der Waals surface area contributed by atoms with Crippen LogP contribution in [0.2, 0.25) is 0 Å². The molecular weight excluding hydrogens is 314 g/mol. The Balaban J connectivity index is 2.01. The number of amides is 1. The summed E-state index contributed by atoms with van der Waals surface area (Å²) in [5.41, 5.74) is 0.615. The van der Waals surface area contributed by atoms with E-state index in [2.05, 4.69) is 28.6 Å². The van der Waals surface area contributed by atoms with Crippen molar-refractivity contribution in [1.29, 1.82) is 0 Å². The van der Waals surface area contributed by atoms with Gasteiger partial charge in [-0.05, 0) is 37.0 Å². The highest BCUT2D eigenvalue weighted by Crippen LogP contribution is 2.28. The molecule has 1 fully saturated rings. The first-order valence-electron chi connectivity index (χ1n) is 5.89. The third-order valence-corrected chi connectivity index (χ3v) is 4.14. The molecule has 1 amide bonds. The van der Waals surface area contributed by atoms with Crippen LogP contribution in [0.3, 0.4) is 0 Å². The molecule has 5 heteroatoms. The molecule has 1 saturated carbocycles. The molecule has 0 heterocycles. The van der Waals surface area contributed by atoms with E-state index in [0.717, 1.165) is 17.3 Å². The highest BCUT2D eigenvalue weighted by molar-refractivity contribution is 9.10. The van der Waals surface area contributed by atoms with Gasteiger partial charge in [0.25, 0.3) is 5.91 Å². The Kier molecular flexibility index (Phi) is 4.35. The van der Waals surface area contributed by atoms with Crippen molar-refractivity contribution < 1.29 is 9.90 Å². The van der Waals surface area contributed by atoms with E-state index in [4.69, 9.17) is 0 Å². The van der Waals surface area contributed by atoms with E-state index in [0.29, 0.717) is 22.9 Å². The lowest BCUT2D eigenvalue weighted by atomic mass is 9.82. The summed E-state index contributed by atoms with van der Waals surface area (Å²) >= 11 is 7.67. The lowest BCUT2D eigenvalue weighted by molar-refractivity contribution is 0.0264. The molecule has 98 valence electrons. The van der Waals surface area contributed by atoms with Gasteiger partial charge in [-0.3, -0.25) is 4.79 Å². The number of carbonyl (C=O) groups excluding carboxylic acids is 1. The number of benzene rings is 1. The molecule has 0 aromatic heterocycles. The smallest absolute Gasteiger partial charge is 0.254 e. The Bertz CT molecular complexity index is 460. The number of aliphatic hydroxyl groups excluding tert-OH is 1. The SMILES string of the molecule is CN(CC1CC(O)C1)C(=O)c1ccc(Br)cc1S. The van der Waals surface area contributed by atoms with E-state index < -0.39 is 0 Å². The van der Waals surface area contributed by atoms with Crippen molar-refractivity contribution in [3.63, 3.8) is 0 Å². The Morgan fingerprint density at radius 1 is 1.56 bits per heavy atom. The fraction of sp³-hybridized carbons (Fsp3) is 0.462. The zero-order valence-electron chi connectivity index (χ0n) is 10.1. The number of carbonyl (C=O) groups is 1. The molecule has 0 bridgehead atoms. The molecule has 3 nitrogen and oxygen atoms in total. The average molecular weight is 330 g/mol. The van der Waals surface area contributed by atoms with Crippen LogP contribution < -0.4 is 0 Å². The second-order valence-electron chi connectivity index (χ2n) is 4.84.